The van der Waals surface area contributed by atoms with E-state index in [0.29, 0.717) is 12.5 Å². The molecule has 1 aromatic carbocycles. The van der Waals surface area contributed by atoms with E-state index >= 15 is 0 Å². The van der Waals surface area contributed by atoms with Crippen LogP contribution in [0.1, 0.15) is 38.2 Å². The van der Waals surface area contributed by atoms with Gasteiger partial charge in [-0.1, -0.05) is 37.3 Å². The highest BCUT2D eigenvalue weighted by Gasteiger charge is 2.28. The van der Waals surface area contributed by atoms with Crippen molar-refractivity contribution in [3.63, 3.8) is 0 Å². The van der Waals surface area contributed by atoms with Crippen molar-refractivity contribution in [2.75, 3.05) is 23.3 Å². The lowest BCUT2D eigenvalue weighted by Gasteiger charge is -2.31. The van der Waals surface area contributed by atoms with Gasteiger partial charge in [-0.25, -0.2) is 0 Å². The van der Waals surface area contributed by atoms with Crippen LogP contribution >= 0.6 is 11.3 Å². The Balaban J connectivity index is 1.40. The molecule has 7 heteroatoms. The van der Waals surface area contributed by atoms with Crippen molar-refractivity contribution in [2.24, 2.45) is 5.92 Å². The number of hydrogen-bond donors (Lipinski definition) is 1. The zero-order valence-electron chi connectivity index (χ0n) is 16.2. The summed E-state index contributed by atoms with van der Waals surface area (Å²) in [6.45, 7) is 5.92. The third kappa shape index (κ3) is 4.09. The fourth-order valence-corrected chi connectivity index (χ4v) is 4.31. The molecule has 4 rings (SSSR count). The summed E-state index contributed by atoms with van der Waals surface area (Å²) in [5, 5.41) is 13.4. The van der Waals surface area contributed by atoms with E-state index in [1.54, 1.807) is 11.3 Å². The monoisotopic (exact) mass is 395 g/mol. The third-order valence-electron chi connectivity index (χ3n) is 5.14. The Kier molecular flexibility index (Phi) is 5.43. The van der Waals surface area contributed by atoms with Crippen molar-refractivity contribution in [2.45, 2.75) is 32.6 Å². The van der Waals surface area contributed by atoms with Crippen LogP contribution in [-0.2, 0) is 4.79 Å². The molecule has 3 aromatic rings. The number of carbonyl (C=O) groups is 1. The van der Waals surface area contributed by atoms with E-state index in [9.17, 15) is 4.79 Å². The lowest BCUT2D eigenvalue weighted by Crippen LogP contribution is -2.40. The summed E-state index contributed by atoms with van der Waals surface area (Å²) in [6, 6.07) is 12.1. The van der Waals surface area contributed by atoms with E-state index < -0.39 is 0 Å². The Morgan fingerprint density at radius 2 is 1.86 bits per heavy atom. The van der Waals surface area contributed by atoms with E-state index in [1.165, 1.54) is 5.56 Å². The van der Waals surface area contributed by atoms with E-state index in [-0.39, 0.29) is 11.8 Å². The van der Waals surface area contributed by atoms with Gasteiger partial charge in [0.1, 0.15) is 0 Å². The highest BCUT2D eigenvalue weighted by molar-refractivity contribution is 7.17. The summed E-state index contributed by atoms with van der Waals surface area (Å²) in [5.41, 5.74) is 2.13. The molecule has 2 aromatic heterocycles. The minimum absolute atomic E-state index is 0.0440. The van der Waals surface area contributed by atoms with Crippen molar-refractivity contribution in [1.82, 2.24) is 14.8 Å². The molecular formula is C21H25N5OS. The number of hydrogen-bond acceptors (Lipinski definition) is 5. The maximum absolute atomic E-state index is 12.8. The molecular weight excluding hydrogens is 370 g/mol. The Labute approximate surface area is 169 Å². The maximum atomic E-state index is 12.8. The minimum Gasteiger partial charge on any atom is -0.346 e. The molecule has 1 amide bonds. The van der Waals surface area contributed by atoms with Gasteiger partial charge in [0, 0.05) is 31.2 Å². The van der Waals surface area contributed by atoms with Crippen molar-refractivity contribution in [3.8, 4) is 5.13 Å². The molecule has 1 fully saturated rings. The second kappa shape index (κ2) is 8.14. The average Bonchev–Trinajstić information content (AvgIpc) is 3.40. The van der Waals surface area contributed by atoms with Crippen molar-refractivity contribution < 1.29 is 4.79 Å². The number of rotatable bonds is 5. The largest absolute Gasteiger partial charge is 0.346 e. The molecule has 0 aliphatic carbocycles. The Morgan fingerprint density at radius 3 is 2.57 bits per heavy atom. The number of benzene rings is 1. The van der Waals surface area contributed by atoms with Gasteiger partial charge in [-0.05, 0) is 48.6 Å². The molecule has 0 bridgehead atoms. The second-order valence-electron chi connectivity index (χ2n) is 7.51. The number of anilines is 2. The summed E-state index contributed by atoms with van der Waals surface area (Å²) < 4.78 is 1.95. The van der Waals surface area contributed by atoms with Crippen LogP contribution in [0, 0.1) is 5.92 Å². The number of piperidine rings is 1. The smallest absolute Gasteiger partial charge is 0.229 e. The van der Waals surface area contributed by atoms with Crippen LogP contribution in [-0.4, -0.2) is 33.8 Å². The fourth-order valence-electron chi connectivity index (χ4n) is 3.46. The zero-order valence-corrected chi connectivity index (χ0v) is 17.0. The van der Waals surface area contributed by atoms with Crippen LogP contribution in [0.3, 0.4) is 0 Å². The lowest BCUT2D eigenvalue weighted by molar-refractivity contribution is -0.120. The molecule has 1 atom stereocenters. The highest BCUT2D eigenvalue weighted by Crippen LogP contribution is 2.28. The number of amides is 1. The molecule has 6 nitrogen and oxygen atoms in total. The van der Waals surface area contributed by atoms with Crippen LogP contribution in [0.25, 0.3) is 5.13 Å². The highest BCUT2D eigenvalue weighted by atomic mass is 32.1. The van der Waals surface area contributed by atoms with E-state index in [2.05, 4.69) is 46.4 Å². The Bertz CT molecular complexity index is 917. The molecule has 1 saturated heterocycles. The number of aromatic nitrogens is 3. The van der Waals surface area contributed by atoms with E-state index in [1.807, 2.05) is 41.2 Å². The molecule has 1 N–H and O–H groups in total. The second-order valence-corrected chi connectivity index (χ2v) is 8.44. The van der Waals surface area contributed by atoms with Gasteiger partial charge in [-0.3, -0.25) is 9.36 Å². The predicted octanol–water partition coefficient (Wildman–Crippen LogP) is 4.31. The average molecular weight is 396 g/mol. The van der Waals surface area contributed by atoms with E-state index in [4.69, 9.17) is 0 Å². The molecule has 28 heavy (non-hydrogen) atoms. The molecule has 1 aliphatic rings. The molecule has 0 saturated carbocycles. The first-order valence-corrected chi connectivity index (χ1v) is 10.5. The quantitative estimate of drug-likeness (QED) is 0.699. The van der Waals surface area contributed by atoms with Gasteiger partial charge in [0.25, 0.3) is 0 Å². The van der Waals surface area contributed by atoms with Crippen LogP contribution in [0.15, 0.2) is 48.8 Å². The Morgan fingerprint density at radius 1 is 1.14 bits per heavy atom. The molecule has 0 spiro atoms. The van der Waals surface area contributed by atoms with Gasteiger partial charge in [-0.2, -0.15) is 0 Å². The molecule has 0 radical (unpaired) electrons. The van der Waals surface area contributed by atoms with Crippen molar-refractivity contribution in [1.29, 1.82) is 0 Å². The van der Waals surface area contributed by atoms with Crippen molar-refractivity contribution >= 4 is 28.1 Å². The third-order valence-corrected chi connectivity index (χ3v) is 6.13. The molecule has 146 valence electrons. The summed E-state index contributed by atoms with van der Waals surface area (Å²) in [4.78, 5) is 15.0. The Hall–Kier alpha value is -2.67. The zero-order chi connectivity index (χ0) is 19.5. The minimum atomic E-state index is -0.0440. The van der Waals surface area contributed by atoms with Gasteiger partial charge in [0.05, 0.1) is 5.92 Å². The van der Waals surface area contributed by atoms with Gasteiger partial charge < -0.3 is 10.2 Å². The summed E-state index contributed by atoms with van der Waals surface area (Å²) in [5.74, 6) is 0.523. The molecule has 1 aliphatic heterocycles. The first-order chi connectivity index (χ1) is 13.6. The van der Waals surface area contributed by atoms with Gasteiger partial charge in [0.15, 0.2) is 0 Å². The summed E-state index contributed by atoms with van der Waals surface area (Å²) in [7, 11) is 0. The van der Waals surface area contributed by atoms with Crippen LogP contribution in [0.5, 0.6) is 0 Å². The number of nitrogens with zero attached hydrogens (tertiary/aromatic N) is 4. The van der Waals surface area contributed by atoms with Gasteiger partial charge in [0.2, 0.25) is 16.2 Å². The van der Waals surface area contributed by atoms with E-state index in [0.717, 1.165) is 35.3 Å². The standard InChI is InChI=1S/C21H25N5OS/c1-15(2)16-7-9-18(10-8-16)22-19(27)17-6-5-13-26(14-17)21-24-23-20(28-21)25-11-3-4-12-25/h3-4,7-12,15,17H,5-6,13-14H2,1-2H3,(H,22,27)/t17-/m0/s1. The normalized spacial score (nSPS) is 17.1. The lowest BCUT2D eigenvalue weighted by atomic mass is 9.97. The predicted molar refractivity (Wildman–Crippen MR) is 113 cm³/mol. The maximum Gasteiger partial charge on any atom is 0.229 e. The molecule has 3 heterocycles. The van der Waals surface area contributed by atoms with Crippen LogP contribution in [0.2, 0.25) is 0 Å². The summed E-state index contributed by atoms with van der Waals surface area (Å²) >= 11 is 1.55. The van der Waals surface area contributed by atoms with Crippen LogP contribution in [0.4, 0.5) is 10.8 Å². The fraction of sp³-hybridized carbons (Fsp3) is 0.381. The van der Waals surface area contributed by atoms with Crippen molar-refractivity contribution in [3.05, 3.63) is 54.4 Å². The van der Waals surface area contributed by atoms with Gasteiger partial charge >= 0.3 is 0 Å². The molecule has 0 unspecified atom stereocenters. The number of nitrogens with one attached hydrogen (secondary N) is 1. The summed E-state index contributed by atoms with van der Waals surface area (Å²) in [6.07, 6.45) is 5.79. The first kappa shape index (κ1) is 18.7. The topological polar surface area (TPSA) is 63.1 Å². The SMILES string of the molecule is CC(C)c1ccc(NC(=O)[C@H]2CCCN(c3nnc(-n4cccc4)s3)C2)cc1. The van der Waals surface area contributed by atoms with Crippen LogP contribution < -0.4 is 10.2 Å². The number of carbonyl (C=O) groups excluding carboxylic acids is 1. The van der Waals surface area contributed by atoms with Gasteiger partial charge in [-0.15, -0.1) is 10.2 Å². The first-order valence-electron chi connectivity index (χ1n) is 9.73.